The highest BCUT2D eigenvalue weighted by Gasteiger charge is 2.10. The van der Waals surface area contributed by atoms with Crippen LogP contribution in [0.5, 0.6) is 5.75 Å². The maximum atomic E-state index is 12.3. The Morgan fingerprint density at radius 3 is 2.50 bits per heavy atom. The molecule has 138 valence electrons. The second-order valence-corrected chi connectivity index (χ2v) is 7.39. The average molecular weight is 482 g/mol. The molecule has 0 heterocycles. The summed E-state index contributed by atoms with van der Waals surface area (Å²) in [6, 6.07) is 14.9. The van der Waals surface area contributed by atoms with Gasteiger partial charge in [0.2, 0.25) is 0 Å². The molecule has 0 saturated carbocycles. The zero-order chi connectivity index (χ0) is 18.8. The second kappa shape index (κ2) is 11.1. The highest BCUT2D eigenvalue weighted by Crippen LogP contribution is 2.16. The molecule has 0 unspecified atom stereocenters. The van der Waals surface area contributed by atoms with Gasteiger partial charge < -0.3 is 10.1 Å². The molecule has 2 rings (SSSR count). The van der Waals surface area contributed by atoms with Gasteiger partial charge in [-0.1, -0.05) is 38.3 Å². The third-order valence-corrected chi connectivity index (χ3v) is 4.87. The fourth-order valence-electron chi connectivity index (χ4n) is 2.33. The van der Waals surface area contributed by atoms with Crippen molar-refractivity contribution in [3.8, 4) is 5.75 Å². The van der Waals surface area contributed by atoms with Crippen molar-refractivity contribution < 1.29 is 9.53 Å². The van der Waals surface area contributed by atoms with Gasteiger partial charge in [0.25, 0.3) is 5.91 Å². The van der Waals surface area contributed by atoms with Crippen LogP contribution in [0, 0.1) is 3.57 Å². The molecular formula is C20H23IN2O2S. The number of rotatable bonds is 8. The summed E-state index contributed by atoms with van der Waals surface area (Å²) in [5.74, 6) is 0.611. The fourth-order valence-corrected chi connectivity index (χ4v) is 3.17. The normalized spacial score (nSPS) is 10.2. The Morgan fingerprint density at radius 2 is 1.81 bits per heavy atom. The van der Waals surface area contributed by atoms with Crippen LogP contribution >= 0.6 is 34.8 Å². The van der Waals surface area contributed by atoms with E-state index in [2.05, 4.69) is 40.1 Å². The quantitative estimate of drug-likeness (QED) is 0.302. The standard InChI is InChI=1S/C20H23IN2O2S/c1-2-3-4-7-14-25-16-12-10-15(11-13-16)22-20(26)23-19(24)17-8-5-6-9-18(17)21/h5-6,8-13H,2-4,7,14H2,1H3,(H2,22,23,24,26). The summed E-state index contributed by atoms with van der Waals surface area (Å²) < 4.78 is 6.60. The Hall–Kier alpha value is -1.67. The molecule has 1 amide bonds. The summed E-state index contributed by atoms with van der Waals surface area (Å²) in [6.45, 7) is 2.93. The Labute approximate surface area is 173 Å². The van der Waals surface area contributed by atoms with Crippen molar-refractivity contribution >= 4 is 51.5 Å². The number of carbonyl (C=O) groups excluding carboxylic acids is 1. The molecule has 0 spiro atoms. The third-order valence-electron chi connectivity index (χ3n) is 3.72. The number of anilines is 1. The van der Waals surface area contributed by atoms with Gasteiger partial charge in [-0.3, -0.25) is 10.1 Å². The van der Waals surface area contributed by atoms with Gasteiger partial charge in [-0.25, -0.2) is 0 Å². The van der Waals surface area contributed by atoms with E-state index in [1.807, 2.05) is 42.5 Å². The smallest absolute Gasteiger partial charge is 0.258 e. The number of ether oxygens (including phenoxy) is 1. The average Bonchev–Trinajstić information content (AvgIpc) is 2.63. The Balaban J connectivity index is 1.80. The molecule has 2 aromatic rings. The lowest BCUT2D eigenvalue weighted by atomic mass is 10.2. The molecule has 0 radical (unpaired) electrons. The van der Waals surface area contributed by atoms with E-state index >= 15 is 0 Å². The molecule has 2 N–H and O–H groups in total. The largest absolute Gasteiger partial charge is 0.494 e. The predicted molar refractivity (Wildman–Crippen MR) is 119 cm³/mol. The summed E-state index contributed by atoms with van der Waals surface area (Å²) in [5.41, 5.74) is 1.40. The van der Waals surface area contributed by atoms with Crippen molar-refractivity contribution in [2.24, 2.45) is 0 Å². The molecule has 0 atom stereocenters. The number of benzene rings is 2. The molecule has 2 aromatic carbocycles. The first-order chi connectivity index (χ1) is 12.6. The molecule has 0 aliphatic rings. The molecular weight excluding hydrogens is 459 g/mol. The van der Waals surface area contributed by atoms with E-state index in [9.17, 15) is 4.79 Å². The van der Waals surface area contributed by atoms with Gasteiger partial charge in [0, 0.05) is 9.26 Å². The molecule has 0 saturated heterocycles. The highest BCUT2D eigenvalue weighted by molar-refractivity contribution is 14.1. The van der Waals surface area contributed by atoms with E-state index < -0.39 is 0 Å². The van der Waals surface area contributed by atoms with Crippen molar-refractivity contribution in [2.45, 2.75) is 32.6 Å². The number of halogens is 1. The lowest BCUT2D eigenvalue weighted by Crippen LogP contribution is -2.34. The first-order valence-corrected chi connectivity index (χ1v) is 10.2. The summed E-state index contributed by atoms with van der Waals surface area (Å²) in [6.07, 6.45) is 4.74. The van der Waals surface area contributed by atoms with Gasteiger partial charge in [-0.05, 0) is 77.6 Å². The number of thiocarbonyl (C=S) groups is 1. The van der Waals surface area contributed by atoms with Crippen LogP contribution in [0.2, 0.25) is 0 Å². The first kappa shape index (κ1) is 20.6. The molecule has 0 fully saturated rings. The molecule has 0 aromatic heterocycles. The molecule has 0 aliphatic heterocycles. The van der Waals surface area contributed by atoms with Crippen LogP contribution in [0.25, 0.3) is 0 Å². The van der Waals surface area contributed by atoms with Gasteiger partial charge in [-0.2, -0.15) is 0 Å². The van der Waals surface area contributed by atoms with E-state index in [-0.39, 0.29) is 11.0 Å². The van der Waals surface area contributed by atoms with E-state index in [0.717, 1.165) is 28.0 Å². The zero-order valence-corrected chi connectivity index (χ0v) is 17.7. The van der Waals surface area contributed by atoms with E-state index in [4.69, 9.17) is 17.0 Å². The van der Waals surface area contributed by atoms with Gasteiger partial charge in [0.15, 0.2) is 5.11 Å². The van der Waals surface area contributed by atoms with E-state index in [1.54, 1.807) is 6.07 Å². The minimum Gasteiger partial charge on any atom is -0.494 e. The topological polar surface area (TPSA) is 50.4 Å². The van der Waals surface area contributed by atoms with Crippen LogP contribution in [-0.2, 0) is 0 Å². The SMILES string of the molecule is CCCCCCOc1ccc(NC(=S)NC(=O)c2ccccc2I)cc1. The van der Waals surface area contributed by atoms with Crippen molar-refractivity contribution in [2.75, 3.05) is 11.9 Å². The van der Waals surface area contributed by atoms with Crippen LogP contribution in [0.4, 0.5) is 5.69 Å². The first-order valence-electron chi connectivity index (χ1n) is 8.70. The Bertz CT molecular complexity index is 735. The number of unbranched alkanes of at least 4 members (excludes halogenated alkanes) is 3. The monoisotopic (exact) mass is 482 g/mol. The summed E-state index contributed by atoms with van der Waals surface area (Å²) in [7, 11) is 0. The predicted octanol–water partition coefficient (Wildman–Crippen LogP) is 5.38. The summed E-state index contributed by atoms with van der Waals surface area (Å²) in [4.78, 5) is 12.3. The van der Waals surface area contributed by atoms with Gasteiger partial charge in [-0.15, -0.1) is 0 Å². The minimum atomic E-state index is -0.223. The van der Waals surface area contributed by atoms with Crippen LogP contribution in [0.1, 0.15) is 43.0 Å². The highest BCUT2D eigenvalue weighted by atomic mass is 127. The second-order valence-electron chi connectivity index (χ2n) is 5.82. The van der Waals surface area contributed by atoms with Crippen molar-refractivity contribution in [1.82, 2.24) is 5.32 Å². The maximum absolute atomic E-state index is 12.3. The van der Waals surface area contributed by atoms with Crippen molar-refractivity contribution in [3.05, 3.63) is 57.7 Å². The van der Waals surface area contributed by atoms with Crippen LogP contribution in [0.3, 0.4) is 0 Å². The van der Waals surface area contributed by atoms with E-state index in [1.165, 1.54) is 19.3 Å². The van der Waals surface area contributed by atoms with Gasteiger partial charge >= 0.3 is 0 Å². The molecule has 0 aliphatic carbocycles. The minimum absolute atomic E-state index is 0.223. The van der Waals surface area contributed by atoms with Crippen LogP contribution in [0.15, 0.2) is 48.5 Å². The fraction of sp³-hybridized carbons (Fsp3) is 0.300. The zero-order valence-electron chi connectivity index (χ0n) is 14.8. The molecule has 6 heteroatoms. The maximum Gasteiger partial charge on any atom is 0.258 e. The Morgan fingerprint density at radius 1 is 1.08 bits per heavy atom. The lowest BCUT2D eigenvalue weighted by Gasteiger charge is -2.11. The summed E-state index contributed by atoms with van der Waals surface area (Å²) in [5, 5.41) is 5.98. The van der Waals surface area contributed by atoms with Crippen LogP contribution < -0.4 is 15.4 Å². The van der Waals surface area contributed by atoms with Crippen molar-refractivity contribution in [1.29, 1.82) is 0 Å². The number of hydrogen-bond donors (Lipinski definition) is 2. The van der Waals surface area contributed by atoms with E-state index in [0.29, 0.717) is 5.56 Å². The third kappa shape index (κ3) is 6.92. The summed E-state index contributed by atoms with van der Waals surface area (Å²) >= 11 is 7.35. The number of carbonyl (C=O) groups is 1. The molecule has 4 nitrogen and oxygen atoms in total. The van der Waals surface area contributed by atoms with Gasteiger partial charge in [0.1, 0.15) is 5.75 Å². The van der Waals surface area contributed by atoms with Gasteiger partial charge in [0.05, 0.1) is 12.2 Å². The Kier molecular flexibility index (Phi) is 8.84. The van der Waals surface area contributed by atoms with Crippen molar-refractivity contribution in [3.63, 3.8) is 0 Å². The number of amides is 1. The number of hydrogen-bond acceptors (Lipinski definition) is 3. The molecule has 26 heavy (non-hydrogen) atoms. The molecule has 0 bridgehead atoms. The number of nitrogens with one attached hydrogen (secondary N) is 2. The lowest BCUT2D eigenvalue weighted by molar-refractivity contribution is 0.0977. The van der Waals surface area contributed by atoms with Crippen LogP contribution in [-0.4, -0.2) is 17.6 Å².